The summed E-state index contributed by atoms with van der Waals surface area (Å²) in [6.07, 6.45) is 3.50. The highest BCUT2D eigenvalue weighted by atomic mass is 79.9. The largest absolute Gasteiger partial charge is 0.481 e. The molecule has 0 heterocycles. The topological polar surface area (TPSA) is 37.3 Å². The first-order valence-corrected chi connectivity index (χ1v) is 6.83. The summed E-state index contributed by atoms with van der Waals surface area (Å²) in [5.41, 5.74) is 0.266. The molecule has 0 aromatic heterocycles. The second-order valence-corrected chi connectivity index (χ2v) is 6.00. The molecular formula is C14H17BrO2. The number of benzene rings is 1. The van der Waals surface area contributed by atoms with Crippen LogP contribution in [0.25, 0.3) is 0 Å². The average molecular weight is 297 g/mol. The maximum atomic E-state index is 11.7. The fourth-order valence-electron chi connectivity index (χ4n) is 2.67. The molecule has 2 nitrogen and oxygen atoms in total. The second-order valence-electron chi connectivity index (χ2n) is 5.08. The minimum Gasteiger partial charge on any atom is -0.481 e. The van der Waals surface area contributed by atoms with E-state index in [1.807, 2.05) is 24.3 Å². The molecule has 17 heavy (non-hydrogen) atoms. The maximum absolute atomic E-state index is 11.7. The molecule has 0 spiro atoms. The van der Waals surface area contributed by atoms with Crippen molar-refractivity contribution in [2.75, 3.05) is 0 Å². The monoisotopic (exact) mass is 296 g/mol. The first-order valence-electron chi connectivity index (χ1n) is 6.04. The predicted octanol–water partition coefficient (Wildman–Crippen LogP) is 3.98. The Labute approximate surface area is 110 Å². The number of hydrogen-bond donors (Lipinski definition) is 1. The zero-order valence-corrected chi connectivity index (χ0v) is 11.5. The predicted molar refractivity (Wildman–Crippen MR) is 71.1 cm³/mol. The van der Waals surface area contributed by atoms with E-state index in [1.54, 1.807) is 0 Å². The molecule has 0 unspecified atom stereocenters. The minimum absolute atomic E-state index is 0.648. The van der Waals surface area contributed by atoms with Crippen LogP contribution in [0.2, 0.25) is 0 Å². The number of carboxylic acids is 1. The Bertz CT molecular complexity index is 420. The van der Waals surface area contributed by atoms with E-state index < -0.39 is 11.4 Å². The number of aliphatic carboxylic acids is 1. The smallest absolute Gasteiger partial charge is 0.314 e. The zero-order valence-electron chi connectivity index (χ0n) is 9.95. The van der Waals surface area contributed by atoms with Gasteiger partial charge in [0.2, 0.25) is 0 Å². The summed E-state index contributed by atoms with van der Waals surface area (Å²) < 4.78 is 0.953. The van der Waals surface area contributed by atoms with Crippen LogP contribution in [-0.4, -0.2) is 11.1 Å². The van der Waals surface area contributed by atoms with Gasteiger partial charge in [0.15, 0.2) is 0 Å². The van der Waals surface area contributed by atoms with Crippen LogP contribution in [0.4, 0.5) is 0 Å². The van der Waals surface area contributed by atoms with Gasteiger partial charge in [-0.3, -0.25) is 4.79 Å². The summed E-state index contributed by atoms with van der Waals surface area (Å²) in [6.45, 7) is 2.20. The van der Waals surface area contributed by atoms with E-state index in [2.05, 4.69) is 22.9 Å². The molecule has 0 amide bonds. The number of carbonyl (C=O) groups is 1. The molecule has 0 saturated heterocycles. The van der Waals surface area contributed by atoms with Gasteiger partial charge in [-0.1, -0.05) is 35.0 Å². The van der Waals surface area contributed by atoms with Gasteiger partial charge in [-0.05, 0) is 49.3 Å². The van der Waals surface area contributed by atoms with E-state index in [1.165, 1.54) is 0 Å². The van der Waals surface area contributed by atoms with Crippen molar-refractivity contribution in [3.05, 3.63) is 34.3 Å². The van der Waals surface area contributed by atoms with Crippen molar-refractivity contribution < 1.29 is 9.90 Å². The molecule has 1 aliphatic rings. The van der Waals surface area contributed by atoms with Gasteiger partial charge in [0, 0.05) is 4.47 Å². The Morgan fingerprint density at radius 3 is 2.59 bits per heavy atom. The molecule has 1 saturated carbocycles. The quantitative estimate of drug-likeness (QED) is 0.896. The van der Waals surface area contributed by atoms with Crippen LogP contribution >= 0.6 is 15.9 Å². The lowest BCUT2D eigenvalue weighted by Gasteiger charge is -2.36. The molecular weight excluding hydrogens is 280 g/mol. The van der Waals surface area contributed by atoms with Gasteiger partial charge >= 0.3 is 5.97 Å². The standard InChI is InChI=1S/C14H17BrO2/c1-10-5-7-14(8-6-10,13(16)17)11-3-2-4-12(15)9-11/h2-4,9-10H,5-8H2,1H3,(H,16,17). The van der Waals surface area contributed by atoms with E-state index in [4.69, 9.17) is 0 Å². The Morgan fingerprint density at radius 2 is 2.06 bits per heavy atom. The average Bonchev–Trinajstić information content (AvgIpc) is 2.30. The number of rotatable bonds is 2. The van der Waals surface area contributed by atoms with Crippen LogP contribution in [0.1, 0.15) is 38.2 Å². The highest BCUT2D eigenvalue weighted by Gasteiger charge is 2.42. The highest BCUT2D eigenvalue weighted by Crippen LogP contribution is 2.42. The lowest BCUT2D eigenvalue weighted by atomic mass is 9.67. The molecule has 1 aromatic rings. The van der Waals surface area contributed by atoms with Crippen molar-refractivity contribution in [3.8, 4) is 0 Å². The van der Waals surface area contributed by atoms with Gasteiger partial charge in [0.1, 0.15) is 0 Å². The molecule has 0 radical (unpaired) electrons. The van der Waals surface area contributed by atoms with Crippen LogP contribution in [0.3, 0.4) is 0 Å². The maximum Gasteiger partial charge on any atom is 0.314 e. The van der Waals surface area contributed by atoms with Crippen LogP contribution in [0.15, 0.2) is 28.7 Å². The van der Waals surface area contributed by atoms with E-state index in [0.29, 0.717) is 5.92 Å². The van der Waals surface area contributed by atoms with Crippen LogP contribution in [0.5, 0.6) is 0 Å². The highest BCUT2D eigenvalue weighted by molar-refractivity contribution is 9.10. The van der Waals surface area contributed by atoms with Gasteiger partial charge in [-0.15, -0.1) is 0 Å². The fourth-order valence-corrected chi connectivity index (χ4v) is 3.07. The molecule has 2 rings (SSSR count). The molecule has 0 bridgehead atoms. The van der Waals surface area contributed by atoms with Crippen molar-refractivity contribution >= 4 is 21.9 Å². The SMILES string of the molecule is CC1CCC(C(=O)O)(c2cccc(Br)c2)CC1. The van der Waals surface area contributed by atoms with Crippen molar-refractivity contribution in [1.82, 2.24) is 0 Å². The fraction of sp³-hybridized carbons (Fsp3) is 0.500. The van der Waals surface area contributed by atoms with Gasteiger partial charge in [-0.2, -0.15) is 0 Å². The summed E-state index contributed by atoms with van der Waals surface area (Å²) in [5.74, 6) is -0.0304. The molecule has 3 heteroatoms. The lowest BCUT2D eigenvalue weighted by Crippen LogP contribution is -2.39. The van der Waals surface area contributed by atoms with Crippen molar-refractivity contribution in [3.63, 3.8) is 0 Å². The Kier molecular flexibility index (Phi) is 3.57. The Morgan fingerprint density at radius 1 is 1.41 bits per heavy atom. The third-order valence-corrected chi connectivity index (χ3v) is 4.41. The Balaban J connectivity index is 2.38. The van der Waals surface area contributed by atoms with Gasteiger partial charge < -0.3 is 5.11 Å². The normalized spacial score (nSPS) is 28.9. The summed E-state index contributed by atoms with van der Waals surface area (Å²) in [5, 5.41) is 9.60. The summed E-state index contributed by atoms with van der Waals surface area (Å²) in [7, 11) is 0. The van der Waals surface area contributed by atoms with E-state index >= 15 is 0 Å². The third kappa shape index (κ3) is 2.39. The minimum atomic E-state index is -0.678. The van der Waals surface area contributed by atoms with Crippen molar-refractivity contribution in [1.29, 1.82) is 0 Å². The Hall–Kier alpha value is -0.830. The molecule has 1 aliphatic carbocycles. The van der Waals surface area contributed by atoms with E-state index in [9.17, 15) is 9.90 Å². The number of carboxylic acid groups (broad SMARTS) is 1. The van der Waals surface area contributed by atoms with Crippen molar-refractivity contribution in [2.24, 2.45) is 5.92 Å². The van der Waals surface area contributed by atoms with E-state index in [-0.39, 0.29) is 0 Å². The molecule has 0 aliphatic heterocycles. The van der Waals surface area contributed by atoms with Crippen LogP contribution in [0, 0.1) is 5.92 Å². The van der Waals surface area contributed by atoms with Crippen molar-refractivity contribution in [2.45, 2.75) is 38.0 Å². The zero-order chi connectivity index (χ0) is 12.5. The molecule has 1 N–H and O–H groups in total. The molecule has 1 aromatic carbocycles. The number of hydrogen-bond acceptors (Lipinski definition) is 1. The van der Waals surface area contributed by atoms with Gasteiger partial charge in [-0.25, -0.2) is 0 Å². The van der Waals surface area contributed by atoms with Crippen LogP contribution < -0.4 is 0 Å². The first kappa shape index (κ1) is 12.6. The van der Waals surface area contributed by atoms with Crippen LogP contribution in [-0.2, 0) is 10.2 Å². The summed E-state index contributed by atoms with van der Waals surface area (Å²) >= 11 is 3.42. The molecule has 92 valence electrons. The summed E-state index contributed by atoms with van der Waals surface area (Å²) in [6, 6.07) is 7.74. The van der Waals surface area contributed by atoms with E-state index in [0.717, 1.165) is 35.7 Å². The molecule has 1 fully saturated rings. The second kappa shape index (κ2) is 4.81. The van der Waals surface area contributed by atoms with Gasteiger partial charge in [0.25, 0.3) is 0 Å². The summed E-state index contributed by atoms with van der Waals surface area (Å²) in [4.78, 5) is 11.7. The first-order chi connectivity index (χ1) is 8.04. The third-order valence-electron chi connectivity index (χ3n) is 3.91. The molecule has 0 atom stereocenters. The lowest BCUT2D eigenvalue weighted by molar-refractivity contribution is -0.145. The van der Waals surface area contributed by atoms with Gasteiger partial charge in [0.05, 0.1) is 5.41 Å². The number of halogens is 1.